The lowest BCUT2D eigenvalue weighted by atomic mass is 9.82. The van der Waals surface area contributed by atoms with E-state index in [1.54, 1.807) is 0 Å². The SMILES string of the molecule is CCC(CC)(CO)CNC1CCN(Cc2ccccn2)CC1C. The Morgan fingerprint density at radius 3 is 2.70 bits per heavy atom. The second kappa shape index (κ2) is 8.76. The number of nitrogens with one attached hydrogen (secondary N) is 1. The van der Waals surface area contributed by atoms with Crippen molar-refractivity contribution in [1.29, 1.82) is 0 Å². The molecule has 1 aromatic rings. The number of hydrogen-bond acceptors (Lipinski definition) is 4. The van der Waals surface area contributed by atoms with Gasteiger partial charge in [0.05, 0.1) is 5.69 Å². The highest BCUT2D eigenvalue weighted by Gasteiger charge is 2.30. The molecular formula is C19H33N3O. The monoisotopic (exact) mass is 319 g/mol. The summed E-state index contributed by atoms with van der Waals surface area (Å²) in [7, 11) is 0. The number of piperidine rings is 1. The van der Waals surface area contributed by atoms with Crippen molar-refractivity contribution in [2.24, 2.45) is 11.3 Å². The standard InChI is InChI=1S/C19H33N3O/c1-4-19(5-2,15-23)14-21-18-9-11-22(12-16(18)3)13-17-8-6-7-10-20-17/h6-8,10,16,18,21,23H,4-5,9,11-15H2,1-3H3. The fourth-order valence-corrected chi connectivity index (χ4v) is 3.53. The van der Waals surface area contributed by atoms with Crippen LogP contribution in [0, 0.1) is 11.3 Å². The van der Waals surface area contributed by atoms with Crippen LogP contribution in [0.25, 0.3) is 0 Å². The third kappa shape index (κ3) is 5.00. The summed E-state index contributed by atoms with van der Waals surface area (Å²) in [6.07, 6.45) is 5.10. The van der Waals surface area contributed by atoms with Crippen LogP contribution in [0.5, 0.6) is 0 Å². The molecule has 1 aliphatic heterocycles. The molecule has 0 bridgehead atoms. The second-order valence-electron chi connectivity index (χ2n) is 7.17. The Bertz CT molecular complexity index is 439. The molecule has 0 spiro atoms. The highest BCUT2D eigenvalue weighted by Crippen LogP contribution is 2.26. The Balaban J connectivity index is 1.82. The van der Waals surface area contributed by atoms with Crippen molar-refractivity contribution in [3.8, 4) is 0 Å². The molecule has 2 rings (SSSR count). The van der Waals surface area contributed by atoms with E-state index in [0.717, 1.165) is 44.7 Å². The van der Waals surface area contributed by atoms with Crippen molar-refractivity contribution in [3.05, 3.63) is 30.1 Å². The lowest BCUT2D eigenvalue weighted by Crippen LogP contribution is -2.51. The van der Waals surface area contributed by atoms with Gasteiger partial charge in [0.1, 0.15) is 0 Å². The molecular weight excluding hydrogens is 286 g/mol. The number of likely N-dealkylation sites (tertiary alicyclic amines) is 1. The Kier molecular flexibility index (Phi) is 7.00. The summed E-state index contributed by atoms with van der Waals surface area (Å²) in [6, 6.07) is 6.69. The van der Waals surface area contributed by atoms with Crippen molar-refractivity contribution in [2.75, 3.05) is 26.2 Å². The van der Waals surface area contributed by atoms with Crippen molar-refractivity contribution in [3.63, 3.8) is 0 Å². The van der Waals surface area contributed by atoms with Crippen molar-refractivity contribution < 1.29 is 5.11 Å². The molecule has 0 aromatic carbocycles. The van der Waals surface area contributed by atoms with Crippen LogP contribution in [0.1, 0.15) is 45.7 Å². The van der Waals surface area contributed by atoms with Crippen molar-refractivity contribution in [1.82, 2.24) is 15.2 Å². The van der Waals surface area contributed by atoms with E-state index < -0.39 is 0 Å². The van der Waals surface area contributed by atoms with Crippen LogP contribution in [0.4, 0.5) is 0 Å². The number of nitrogens with zero attached hydrogens (tertiary/aromatic N) is 2. The third-order valence-electron chi connectivity index (χ3n) is 5.68. The molecule has 1 aromatic heterocycles. The van der Waals surface area contributed by atoms with Crippen LogP contribution in [0.3, 0.4) is 0 Å². The fourth-order valence-electron chi connectivity index (χ4n) is 3.53. The Labute approximate surface area is 141 Å². The maximum Gasteiger partial charge on any atom is 0.0543 e. The van der Waals surface area contributed by atoms with Crippen LogP contribution >= 0.6 is 0 Å². The molecule has 2 unspecified atom stereocenters. The highest BCUT2D eigenvalue weighted by molar-refractivity contribution is 5.03. The highest BCUT2D eigenvalue weighted by atomic mass is 16.3. The van der Waals surface area contributed by atoms with Gasteiger partial charge in [-0.15, -0.1) is 0 Å². The average Bonchev–Trinajstić information content (AvgIpc) is 2.59. The first kappa shape index (κ1) is 18.4. The van der Waals surface area contributed by atoms with Crippen LogP contribution in [-0.4, -0.2) is 47.3 Å². The summed E-state index contributed by atoms with van der Waals surface area (Å²) in [5.74, 6) is 0.623. The molecule has 0 radical (unpaired) electrons. The smallest absolute Gasteiger partial charge is 0.0543 e. The van der Waals surface area contributed by atoms with Crippen LogP contribution in [0.2, 0.25) is 0 Å². The summed E-state index contributed by atoms with van der Waals surface area (Å²) < 4.78 is 0. The average molecular weight is 319 g/mol. The third-order valence-corrected chi connectivity index (χ3v) is 5.68. The Hall–Kier alpha value is -0.970. The summed E-state index contributed by atoms with van der Waals surface area (Å²) in [6.45, 7) is 11.1. The number of hydrogen-bond donors (Lipinski definition) is 2. The van der Waals surface area contributed by atoms with Crippen molar-refractivity contribution in [2.45, 2.75) is 52.6 Å². The maximum atomic E-state index is 9.72. The number of rotatable bonds is 8. The van der Waals surface area contributed by atoms with E-state index in [4.69, 9.17) is 0 Å². The van der Waals surface area contributed by atoms with E-state index in [1.807, 2.05) is 12.3 Å². The molecule has 2 heterocycles. The van der Waals surface area contributed by atoms with Gasteiger partial charge in [-0.3, -0.25) is 9.88 Å². The molecule has 0 saturated carbocycles. The van der Waals surface area contributed by atoms with Gasteiger partial charge < -0.3 is 10.4 Å². The molecule has 1 saturated heterocycles. The van der Waals surface area contributed by atoms with Gasteiger partial charge in [-0.05, 0) is 37.3 Å². The Morgan fingerprint density at radius 2 is 2.13 bits per heavy atom. The number of aromatic nitrogens is 1. The number of aliphatic hydroxyl groups is 1. The molecule has 2 atom stereocenters. The molecule has 4 nitrogen and oxygen atoms in total. The number of aliphatic hydroxyl groups excluding tert-OH is 1. The summed E-state index contributed by atoms with van der Waals surface area (Å²) >= 11 is 0. The van der Waals surface area contributed by atoms with Gasteiger partial charge in [0.25, 0.3) is 0 Å². The van der Waals surface area contributed by atoms with Gasteiger partial charge >= 0.3 is 0 Å². The first-order valence-electron chi connectivity index (χ1n) is 9.09. The minimum Gasteiger partial charge on any atom is -0.396 e. The molecule has 2 N–H and O–H groups in total. The maximum absolute atomic E-state index is 9.72. The zero-order chi connectivity index (χ0) is 16.7. The molecule has 0 aliphatic carbocycles. The van der Waals surface area contributed by atoms with E-state index in [1.165, 1.54) is 6.42 Å². The van der Waals surface area contributed by atoms with Gasteiger partial charge in [0, 0.05) is 50.4 Å². The largest absolute Gasteiger partial charge is 0.396 e. The fraction of sp³-hybridized carbons (Fsp3) is 0.737. The first-order chi connectivity index (χ1) is 11.1. The normalized spacial score (nSPS) is 23.1. The molecule has 4 heteroatoms. The minimum atomic E-state index is 0.0464. The topological polar surface area (TPSA) is 48.4 Å². The lowest BCUT2D eigenvalue weighted by Gasteiger charge is -2.39. The summed E-state index contributed by atoms with van der Waals surface area (Å²) in [5.41, 5.74) is 1.20. The summed E-state index contributed by atoms with van der Waals surface area (Å²) in [5, 5.41) is 13.5. The molecule has 1 fully saturated rings. The lowest BCUT2D eigenvalue weighted by molar-refractivity contribution is 0.0901. The van der Waals surface area contributed by atoms with E-state index in [0.29, 0.717) is 12.0 Å². The van der Waals surface area contributed by atoms with Gasteiger partial charge in [-0.25, -0.2) is 0 Å². The summed E-state index contributed by atoms with van der Waals surface area (Å²) in [4.78, 5) is 6.94. The van der Waals surface area contributed by atoms with E-state index in [9.17, 15) is 5.11 Å². The van der Waals surface area contributed by atoms with Gasteiger partial charge in [-0.2, -0.15) is 0 Å². The predicted molar refractivity (Wildman–Crippen MR) is 95.2 cm³/mol. The quantitative estimate of drug-likeness (QED) is 0.773. The van der Waals surface area contributed by atoms with Crippen LogP contribution in [0.15, 0.2) is 24.4 Å². The molecule has 1 aliphatic rings. The second-order valence-corrected chi connectivity index (χ2v) is 7.17. The van der Waals surface area contributed by atoms with Gasteiger partial charge in [0.2, 0.25) is 0 Å². The van der Waals surface area contributed by atoms with Gasteiger partial charge in [0.15, 0.2) is 0 Å². The minimum absolute atomic E-state index is 0.0464. The molecule has 23 heavy (non-hydrogen) atoms. The predicted octanol–water partition coefficient (Wildman–Crippen LogP) is 2.68. The first-order valence-corrected chi connectivity index (χ1v) is 9.09. The number of pyridine rings is 1. The van der Waals surface area contributed by atoms with E-state index in [2.05, 4.69) is 48.1 Å². The zero-order valence-corrected chi connectivity index (χ0v) is 15.0. The van der Waals surface area contributed by atoms with E-state index in [-0.39, 0.29) is 12.0 Å². The zero-order valence-electron chi connectivity index (χ0n) is 15.0. The molecule has 0 amide bonds. The van der Waals surface area contributed by atoms with Gasteiger partial charge in [-0.1, -0.05) is 26.8 Å². The van der Waals surface area contributed by atoms with Crippen LogP contribution < -0.4 is 5.32 Å². The molecule has 130 valence electrons. The Morgan fingerprint density at radius 1 is 1.35 bits per heavy atom. The van der Waals surface area contributed by atoms with E-state index >= 15 is 0 Å². The van der Waals surface area contributed by atoms with Crippen molar-refractivity contribution >= 4 is 0 Å². The van der Waals surface area contributed by atoms with Crippen LogP contribution in [-0.2, 0) is 6.54 Å².